The number of hydrogen-bond acceptors (Lipinski definition) is 2. The fourth-order valence-electron chi connectivity index (χ4n) is 1.32. The molecule has 0 amide bonds. The molecule has 14 heavy (non-hydrogen) atoms. The van der Waals surface area contributed by atoms with Crippen molar-refractivity contribution < 1.29 is 5.11 Å². The van der Waals surface area contributed by atoms with Gasteiger partial charge in [-0.2, -0.15) is 0 Å². The van der Waals surface area contributed by atoms with Crippen LogP contribution in [0.4, 0.5) is 0 Å². The average molecular weight is 258 g/mol. The summed E-state index contributed by atoms with van der Waals surface area (Å²) in [6.45, 7) is 0.557. The second-order valence-electron chi connectivity index (χ2n) is 3.40. The fourth-order valence-corrected chi connectivity index (χ4v) is 1.59. The number of aliphatic hydroxyl groups is 1. The standard InChI is InChI=1S/C11H16BrNO/c12-10-4-1-9(2-5-10)3-6-11(14)7-8-13/h1-2,4-5,11,14H,3,6-8,13H2. The van der Waals surface area contributed by atoms with Crippen molar-refractivity contribution >= 4 is 15.9 Å². The fraction of sp³-hybridized carbons (Fsp3) is 0.455. The third kappa shape index (κ3) is 4.22. The molecule has 1 aromatic carbocycles. The molecule has 0 bridgehead atoms. The molecule has 2 nitrogen and oxygen atoms in total. The number of halogens is 1. The van der Waals surface area contributed by atoms with Crippen LogP contribution in [0.1, 0.15) is 18.4 Å². The van der Waals surface area contributed by atoms with E-state index in [4.69, 9.17) is 5.73 Å². The Morgan fingerprint density at radius 1 is 1.21 bits per heavy atom. The van der Waals surface area contributed by atoms with Crippen LogP contribution in [-0.4, -0.2) is 17.8 Å². The molecule has 1 aromatic rings. The Hall–Kier alpha value is -0.380. The van der Waals surface area contributed by atoms with Crippen LogP contribution < -0.4 is 5.73 Å². The molecule has 1 unspecified atom stereocenters. The highest BCUT2D eigenvalue weighted by atomic mass is 79.9. The molecule has 0 fully saturated rings. The van der Waals surface area contributed by atoms with Crippen molar-refractivity contribution in [3.63, 3.8) is 0 Å². The lowest BCUT2D eigenvalue weighted by Crippen LogP contribution is -2.14. The van der Waals surface area contributed by atoms with Crippen LogP contribution >= 0.6 is 15.9 Å². The SMILES string of the molecule is NCCC(O)CCc1ccc(Br)cc1. The van der Waals surface area contributed by atoms with Crippen molar-refractivity contribution in [2.24, 2.45) is 5.73 Å². The van der Waals surface area contributed by atoms with Crippen LogP contribution in [0.3, 0.4) is 0 Å². The third-order valence-electron chi connectivity index (χ3n) is 2.18. The van der Waals surface area contributed by atoms with Crippen molar-refractivity contribution in [1.82, 2.24) is 0 Å². The van der Waals surface area contributed by atoms with Crippen molar-refractivity contribution in [2.75, 3.05) is 6.54 Å². The number of nitrogens with two attached hydrogens (primary N) is 1. The maximum atomic E-state index is 9.48. The van der Waals surface area contributed by atoms with Gasteiger partial charge in [0.25, 0.3) is 0 Å². The lowest BCUT2D eigenvalue weighted by atomic mass is 10.1. The van der Waals surface area contributed by atoms with Gasteiger partial charge in [0, 0.05) is 4.47 Å². The van der Waals surface area contributed by atoms with Crippen LogP contribution in [0.15, 0.2) is 28.7 Å². The molecule has 0 aliphatic rings. The van der Waals surface area contributed by atoms with Gasteiger partial charge in [0.05, 0.1) is 6.10 Å². The first kappa shape index (κ1) is 11.7. The Bertz CT molecular complexity index is 260. The molecule has 0 radical (unpaired) electrons. The lowest BCUT2D eigenvalue weighted by Gasteiger charge is -2.08. The summed E-state index contributed by atoms with van der Waals surface area (Å²) >= 11 is 3.38. The second-order valence-corrected chi connectivity index (χ2v) is 4.31. The van der Waals surface area contributed by atoms with Crippen molar-refractivity contribution in [3.8, 4) is 0 Å². The van der Waals surface area contributed by atoms with Crippen molar-refractivity contribution in [3.05, 3.63) is 34.3 Å². The summed E-state index contributed by atoms with van der Waals surface area (Å²) in [6, 6.07) is 8.17. The van der Waals surface area contributed by atoms with Gasteiger partial charge < -0.3 is 10.8 Å². The van der Waals surface area contributed by atoms with E-state index < -0.39 is 0 Å². The van der Waals surface area contributed by atoms with Crippen LogP contribution in [0, 0.1) is 0 Å². The Morgan fingerprint density at radius 2 is 1.86 bits per heavy atom. The summed E-state index contributed by atoms with van der Waals surface area (Å²) < 4.78 is 1.09. The minimum absolute atomic E-state index is 0.261. The van der Waals surface area contributed by atoms with E-state index >= 15 is 0 Å². The van der Waals surface area contributed by atoms with Gasteiger partial charge in [-0.15, -0.1) is 0 Å². The quantitative estimate of drug-likeness (QED) is 0.849. The van der Waals surface area contributed by atoms with E-state index in [2.05, 4.69) is 28.1 Å². The molecular weight excluding hydrogens is 242 g/mol. The first-order chi connectivity index (χ1) is 6.72. The van der Waals surface area contributed by atoms with E-state index in [1.165, 1.54) is 5.56 Å². The molecule has 1 rings (SSSR count). The van der Waals surface area contributed by atoms with Crippen molar-refractivity contribution in [1.29, 1.82) is 0 Å². The molecule has 0 aromatic heterocycles. The molecule has 0 saturated carbocycles. The van der Waals surface area contributed by atoms with Crippen LogP contribution in [0.2, 0.25) is 0 Å². The topological polar surface area (TPSA) is 46.2 Å². The third-order valence-corrected chi connectivity index (χ3v) is 2.71. The molecule has 1 atom stereocenters. The highest BCUT2D eigenvalue weighted by molar-refractivity contribution is 9.10. The Morgan fingerprint density at radius 3 is 2.43 bits per heavy atom. The predicted molar refractivity (Wildman–Crippen MR) is 62.1 cm³/mol. The largest absolute Gasteiger partial charge is 0.393 e. The first-order valence-corrected chi connectivity index (χ1v) is 5.64. The highest BCUT2D eigenvalue weighted by Gasteiger charge is 2.02. The van der Waals surface area contributed by atoms with E-state index in [1.807, 2.05) is 12.1 Å². The predicted octanol–water partition coefficient (Wildman–Crippen LogP) is 2.09. The molecule has 0 heterocycles. The average Bonchev–Trinajstić information content (AvgIpc) is 2.17. The maximum absolute atomic E-state index is 9.48. The first-order valence-electron chi connectivity index (χ1n) is 4.85. The monoisotopic (exact) mass is 257 g/mol. The van der Waals surface area contributed by atoms with E-state index in [0.29, 0.717) is 13.0 Å². The summed E-state index contributed by atoms with van der Waals surface area (Å²) in [6.07, 6.45) is 2.13. The minimum atomic E-state index is -0.261. The van der Waals surface area contributed by atoms with Gasteiger partial charge >= 0.3 is 0 Å². The highest BCUT2D eigenvalue weighted by Crippen LogP contribution is 2.12. The van der Waals surface area contributed by atoms with Crippen LogP contribution in [0.25, 0.3) is 0 Å². The Kier molecular flexibility index (Phi) is 5.15. The number of hydrogen-bond donors (Lipinski definition) is 2. The smallest absolute Gasteiger partial charge is 0.0555 e. The van der Waals surface area contributed by atoms with Gasteiger partial charge in [0.2, 0.25) is 0 Å². The zero-order chi connectivity index (χ0) is 10.4. The molecule has 0 aliphatic carbocycles. The zero-order valence-corrected chi connectivity index (χ0v) is 9.70. The van der Waals surface area contributed by atoms with Gasteiger partial charge in [-0.1, -0.05) is 28.1 Å². The number of rotatable bonds is 5. The van der Waals surface area contributed by atoms with Gasteiger partial charge in [0.1, 0.15) is 0 Å². The summed E-state index contributed by atoms with van der Waals surface area (Å²) in [5, 5.41) is 9.48. The lowest BCUT2D eigenvalue weighted by molar-refractivity contribution is 0.157. The van der Waals surface area contributed by atoms with Gasteiger partial charge in [0.15, 0.2) is 0 Å². The maximum Gasteiger partial charge on any atom is 0.0555 e. The Labute approximate surface area is 93.3 Å². The minimum Gasteiger partial charge on any atom is -0.393 e. The molecule has 3 heteroatoms. The number of aryl methyl sites for hydroxylation is 1. The molecule has 0 spiro atoms. The van der Waals surface area contributed by atoms with Crippen LogP contribution in [-0.2, 0) is 6.42 Å². The molecule has 3 N–H and O–H groups in total. The van der Waals surface area contributed by atoms with Gasteiger partial charge in [-0.3, -0.25) is 0 Å². The molecule has 0 saturated heterocycles. The molecule has 78 valence electrons. The van der Waals surface area contributed by atoms with E-state index in [1.54, 1.807) is 0 Å². The number of aliphatic hydroxyl groups excluding tert-OH is 1. The van der Waals surface area contributed by atoms with Gasteiger partial charge in [-0.05, 0) is 43.5 Å². The normalized spacial score (nSPS) is 12.8. The zero-order valence-electron chi connectivity index (χ0n) is 8.12. The van der Waals surface area contributed by atoms with Crippen molar-refractivity contribution in [2.45, 2.75) is 25.4 Å². The van der Waals surface area contributed by atoms with Gasteiger partial charge in [-0.25, -0.2) is 0 Å². The van der Waals surface area contributed by atoms with E-state index in [9.17, 15) is 5.11 Å². The molecular formula is C11H16BrNO. The Balaban J connectivity index is 2.34. The number of benzene rings is 1. The summed E-state index contributed by atoms with van der Waals surface area (Å²) in [4.78, 5) is 0. The summed E-state index contributed by atoms with van der Waals surface area (Å²) in [5.41, 5.74) is 6.61. The summed E-state index contributed by atoms with van der Waals surface area (Å²) in [5.74, 6) is 0. The summed E-state index contributed by atoms with van der Waals surface area (Å²) in [7, 11) is 0. The van der Waals surface area contributed by atoms with Crippen LogP contribution in [0.5, 0.6) is 0 Å². The second kappa shape index (κ2) is 6.17. The van der Waals surface area contributed by atoms with E-state index in [0.717, 1.165) is 17.3 Å². The molecule has 0 aliphatic heterocycles. The van der Waals surface area contributed by atoms with E-state index in [-0.39, 0.29) is 6.10 Å².